The van der Waals surface area contributed by atoms with E-state index in [1.165, 1.54) is 0 Å². The van der Waals surface area contributed by atoms with Crippen LogP contribution < -0.4 is 5.32 Å². The quantitative estimate of drug-likeness (QED) is 0.640. The molecule has 0 unspecified atom stereocenters. The van der Waals surface area contributed by atoms with E-state index in [-0.39, 0.29) is 11.8 Å². The number of nitrogens with zero attached hydrogens (tertiary/aromatic N) is 3. The summed E-state index contributed by atoms with van der Waals surface area (Å²) in [6, 6.07) is 7.82. The molecule has 8 heteroatoms. The number of rotatable bonds is 8. The fourth-order valence-electron chi connectivity index (χ4n) is 3.15. The minimum Gasteiger partial charge on any atom is -0.385 e. The van der Waals surface area contributed by atoms with Gasteiger partial charge in [0.1, 0.15) is 0 Å². The number of piperidine rings is 1. The molecule has 146 valence electrons. The van der Waals surface area contributed by atoms with E-state index in [0.717, 1.165) is 42.4 Å². The number of amides is 1. The number of hydrogen-bond acceptors (Lipinski definition) is 6. The number of hydrogen-bond donors (Lipinski definition) is 1. The Morgan fingerprint density at radius 2 is 2.07 bits per heavy atom. The first-order valence-electron chi connectivity index (χ1n) is 9.23. The van der Waals surface area contributed by atoms with Crippen LogP contribution in [0.3, 0.4) is 0 Å². The van der Waals surface area contributed by atoms with E-state index in [1.54, 1.807) is 7.11 Å². The molecule has 0 bridgehead atoms. The van der Waals surface area contributed by atoms with Gasteiger partial charge in [-0.3, -0.25) is 9.69 Å². The van der Waals surface area contributed by atoms with E-state index < -0.39 is 0 Å². The Kier molecular flexibility index (Phi) is 7.37. The topological polar surface area (TPSA) is 80.5 Å². The molecule has 2 heterocycles. The van der Waals surface area contributed by atoms with Crippen LogP contribution >= 0.6 is 15.9 Å². The van der Waals surface area contributed by atoms with Crippen LogP contribution in [0.2, 0.25) is 0 Å². The van der Waals surface area contributed by atoms with Crippen molar-refractivity contribution >= 4 is 21.8 Å². The van der Waals surface area contributed by atoms with Crippen molar-refractivity contribution < 1.29 is 14.1 Å². The van der Waals surface area contributed by atoms with Crippen molar-refractivity contribution in [1.29, 1.82) is 0 Å². The normalized spacial score (nSPS) is 15.8. The van der Waals surface area contributed by atoms with Crippen molar-refractivity contribution in [3.63, 3.8) is 0 Å². The first kappa shape index (κ1) is 20.0. The Bertz CT molecular complexity index is 727. The predicted molar refractivity (Wildman–Crippen MR) is 105 cm³/mol. The molecule has 0 atom stereocenters. The molecule has 3 rings (SSSR count). The molecule has 2 aromatic rings. The molecule has 1 aliphatic heterocycles. The SMILES string of the molecule is COCCCNC(=O)C1CCN(Cc2nc(-c3ccc(Br)cc3)no2)CC1. The fraction of sp³-hybridized carbons (Fsp3) is 0.526. The summed E-state index contributed by atoms with van der Waals surface area (Å²) < 4.78 is 11.4. The second-order valence-corrected chi connectivity index (χ2v) is 7.62. The van der Waals surface area contributed by atoms with Crippen LogP contribution in [0.5, 0.6) is 0 Å². The highest BCUT2D eigenvalue weighted by atomic mass is 79.9. The summed E-state index contributed by atoms with van der Waals surface area (Å²) in [6.45, 7) is 3.67. The highest BCUT2D eigenvalue weighted by Gasteiger charge is 2.25. The Morgan fingerprint density at radius 1 is 1.33 bits per heavy atom. The molecule has 0 radical (unpaired) electrons. The number of carbonyl (C=O) groups excluding carboxylic acids is 1. The van der Waals surface area contributed by atoms with Gasteiger partial charge in [0, 0.05) is 36.2 Å². The summed E-state index contributed by atoms with van der Waals surface area (Å²) in [5.41, 5.74) is 0.928. The van der Waals surface area contributed by atoms with Gasteiger partial charge < -0.3 is 14.6 Å². The number of methoxy groups -OCH3 is 1. The molecule has 0 saturated carbocycles. The zero-order valence-electron chi connectivity index (χ0n) is 15.5. The van der Waals surface area contributed by atoms with Crippen LogP contribution in [0.25, 0.3) is 11.4 Å². The second kappa shape index (κ2) is 9.96. The molecule has 1 aliphatic rings. The lowest BCUT2D eigenvalue weighted by Gasteiger charge is -2.30. The van der Waals surface area contributed by atoms with E-state index >= 15 is 0 Å². The number of likely N-dealkylation sites (tertiary alicyclic amines) is 1. The van der Waals surface area contributed by atoms with Crippen molar-refractivity contribution in [3.05, 3.63) is 34.6 Å². The summed E-state index contributed by atoms with van der Waals surface area (Å²) in [5.74, 6) is 1.45. The van der Waals surface area contributed by atoms with Crippen LogP contribution in [-0.2, 0) is 16.1 Å². The second-order valence-electron chi connectivity index (χ2n) is 6.71. The summed E-state index contributed by atoms with van der Waals surface area (Å²) in [5, 5.41) is 7.07. The Morgan fingerprint density at radius 3 is 2.78 bits per heavy atom. The monoisotopic (exact) mass is 436 g/mol. The van der Waals surface area contributed by atoms with Gasteiger partial charge in [-0.15, -0.1) is 0 Å². The summed E-state index contributed by atoms with van der Waals surface area (Å²) in [6.07, 6.45) is 2.55. The number of ether oxygens (including phenoxy) is 1. The average molecular weight is 437 g/mol. The lowest BCUT2D eigenvalue weighted by Crippen LogP contribution is -2.40. The maximum atomic E-state index is 12.2. The van der Waals surface area contributed by atoms with E-state index in [2.05, 4.69) is 36.3 Å². The summed E-state index contributed by atoms with van der Waals surface area (Å²) >= 11 is 3.42. The van der Waals surface area contributed by atoms with Crippen LogP contribution in [0.1, 0.15) is 25.2 Å². The fourth-order valence-corrected chi connectivity index (χ4v) is 3.42. The number of nitrogens with one attached hydrogen (secondary N) is 1. The van der Waals surface area contributed by atoms with E-state index in [4.69, 9.17) is 9.26 Å². The van der Waals surface area contributed by atoms with Gasteiger partial charge in [0.2, 0.25) is 17.6 Å². The highest BCUT2D eigenvalue weighted by molar-refractivity contribution is 9.10. The van der Waals surface area contributed by atoms with Gasteiger partial charge in [0.15, 0.2) is 0 Å². The smallest absolute Gasteiger partial charge is 0.241 e. The zero-order chi connectivity index (χ0) is 19.1. The van der Waals surface area contributed by atoms with E-state index in [1.807, 2.05) is 24.3 Å². The average Bonchev–Trinajstić information content (AvgIpc) is 3.15. The van der Waals surface area contributed by atoms with Crippen molar-refractivity contribution in [2.75, 3.05) is 33.4 Å². The molecule has 1 fully saturated rings. The van der Waals surface area contributed by atoms with Crippen molar-refractivity contribution in [3.8, 4) is 11.4 Å². The van der Waals surface area contributed by atoms with Gasteiger partial charge in [-0.1, -0.05) is 21.1 Å². The lowest BCUT2D eigenvalue weighted by atomic mass is 9.96. The van der Waals surface area contributed by atoms with Crippen LogP contribution in [0, 0.1) is 5.92 Å². The molecule has 1 saturated heterocycles. The minimum absolute atomic E-state index is 0.0878. The molecular formula is C19H25BrN4O3. The maximum absolute atomic E-state index is 12.2. The summed E-state index contributed by atoms with van der Waals surface area (Å²) in [4.78, 5) is 18.9. The van der Waals surface area contributed by atoms with Crippen LogP contribution in [0.15, 0.2) is 33.3 Å². The molecule has 1 aromatic heterocycles. The Balaban J connectivity index is 1.44. The van der Waals surface area contributed by atoms with Crippen molar-refractivity contribution in [1.82, 2.24) is 20.4 Å². The van der Waals surface area contributed by atoms with Gasteiger partial charge in [0.05, 0.1) is 6.54 Å². The van der Waals surface area contributed by atoms with Gasteiger partial charge in [0.25, 0.3) is 0 Å². The molecular weight excluding hydrogens is 412 g/mol. The number of aromatic nitrogens is 2. The largest absolute Gasteiger partial charge is 0.385 e. The molecule has 1 amide bonds. The third kappa shape index (κ3) is 5.85. The lowest BCUT2D eigenvalue weighted by molar-refractivity contribution is -0.126. The van der Waals surface area contributed by atoms with Crippen molar-refractivity contribution in [2.24, 2.45) is 5.92 Å². The molecule has 1 N–H and O–H groups in total. The molecule has 1 aromatic carbocycles. The van der Waals surface area contributed by atoms with Crippen LogP contribution in [-0.4, -0.2) is 54.3 Å². The van der Waals surface area contributed by atoms with Gasteiger partial charge in [-0.2, -0.15) is 4.98 Å². The number of halogens is 1. The zero-order valence-corrected chi connectivity index (χ0v) is 17.1. The number of benzene rings is 1. The first-order valence-corrected chi connectivity index (χ1v) is 10.0. The Labute approximate surface area is 167 Å². The standard InChI is InChI=1S/C19H25BrN4O3/c1-26-12-2-9-21-19(25)15-7-10-24(11-8-15)13-17-22-18(23-27-17)14-3-5-16(20)6-4-14/h3-6,15H,2,7-13H2,1H3,(H,21,25). The van der Waals surface area contributed by atoms with E-state index in [9.17, 15) is 4.79 Å². The number of carbonyl (C=O) groups is 1. The maximum Gasteiger partial charge on any atom is 0.241 e. The third-order valence-electron chi connectivity index (χ3n) is 4.71. The van der Waals surface area contributed by atoms with E-state index in [0.29, 0.717) is 31.4 Å². The van der Waals surface area contributed by atoms with Gasteiger partial charge in [-0.25, -0.2) is 0 Å². The third-order valence-corrected chi connectivity index (χ3v) is 5.24. The molecule has 27 heavy (non-hydrogen) atoms. The highest BCUT2D eigenvalue weighted by Crippen LogP contribution is 2.21. The first-order chi connectivity index (χ1) is 13.2. The predicted octanol–water partition coefficient (Wildman–Crippen LogP) is 2.86. The van der Waals surface area contributed by atoms with Gasteiger partial charge in [-0.05, 0) is 56.6 Å². The minimum atomic E-state index is 0.0878. The van der Waals surface area contributed by atoms with Gasteiger partial charge >= 0.3 is 0 Å². The molecule has 7 nitrogen and oxygen atoms in total. The summed E-state index contributed by atoms with van der Waals surface area (Å²) in [7, 11) is 1.67. The molecule has 0 aliphatic carbocycles. The molecule has 0 spiro atoms. The van der Waals surface area contributed by atoms with Crippen molar-refractivity contribution in [2.45, 2.75) is 25.8 Å². The Hall–Kier alpha value is -1.77. The van der Waals surface area contributed by atoms with Crippen LogP contribution in [0.4, 0.5) is 0 Å².